The van der Waals surface area contributed by atoms with Crippen molar-refractivity contribution in [2.24, 2.45) is 0 Å². The van der Waals surface area contributed by atoms with Gasteiger partial charge in [0.25, 0.3) is 0 Å². The minimum Gasteiger partial charge on any atom is -0.497 e. The molecule has 0 unspecified atom stereocenters. The molecule has 5 nitrogen and oxygen atoms in total. The number of fused-ring (bicyclic) bond motifs is 2. The second-order valence-corrected chi connectivity index (χ2v) is 10.2. The van der Waals surface area contributed by atoms with Gasteiger partial charge in [-0.3, -0.25) is 9.48 Å². The number of halogens is 1. The fraction of sp³-hybridized carbons (Fsp3) is 0.241. The van der Waals surface area contributed by atoms with E-state index in [1.165, 1.54) is 5.56 Å². The summed E-state index contributed by atoms with van der Waals surface area (Å²) in [5.41, 5.74) is 6.14. The van der Waals surface area contributed by atoms with E-state index in [1.807, 2.05) is 58.2 Å². The third kappa shape index (κ3) is 3.67. The number of aromatic nitrogens is 2. The molecule has 0 N–H and O–H groups in total. The van der Waals surface area contributed by atoms with Gasteiger partial charge in [0, 0.05) is 16.2 Å². The topological polar surface area (TPSA) is 47.4 Å². The fourth-order valence-corrected chi connectivity index (χ4v) is 6.07. The molecule has 1 amide bonds. The summed E-state index contributed by atoms with van der Waals surface area (Å²) in [6, 6.07) is 24.7. The van der Waals surface area contributed by atoms with Crippen molar-refractivity contribution < 1.29 is 9.53 Å². The lowest BCUT2D eigenvalue weighted by Gasteiger charge is -2.37. The molecule has 1 fully saturated rings. The highest BCUT2D eigenvalue weighted by Gasteiger charge is 2.55. The molecule has 1 spiro atoms. The number of rotatable bonds is 6. The first-order chi connectivity index (χ1) is 17.1. The highest BCUT2D eigenvalue weighted by atomic mass is 79.9. The Morgan fingerprint density at radius 2 is 1.71 bits per heavy atom. The number of amides is 1. The van der Waals surface area contributed by atoms with Gasteiger partial charge in [-0.2, -0.15) is 5.10 Å². The zero-order chi connectivity index (χ0) is 24.0. The van der Waals surface area contributed by atoms with E-state index >= 15 is 0 Å². The average Bonchev–Trinajstić information content (AvgIpc) is 3.40. The summed E-state index contributed by atoms with van der Waals surface area (Å²) in [5.74, 6) is 1.03. The molecule has 0 bridgehead atoms. The lowest BCUT2D eigenvalue weighted by atomic mass is 9.65. The van der Waals surface area contributed by atoms with E-state index in [-0.39, 0.29) is 5.91 Å². The van der Waals surface area contributed by atoms with Crippen LogP contribution < -0.4 is 9.64 Å². The second kappa shape index (κ2) is 8.68. The summed E-state index contributed by atoms with van der Waals surface area (Å²) >= 11 is 3.84. The molecule has 2 heterocycles. The molecule has 176 valence electrons. The first-order valence-corrected chi connectivity index (χ1v) is 12.7. The van der Waals surface area contributed by atoms with Gasteiger partial charge >= 0.3 is 0 Å². The molecule has 3 aromatic carbocycles. The number of hydrogen-bond acceptors (Lipinski definition) is 3. The van der Waals surface area contributed by atoms with Gasteiger partial charge in [-0.1, -0.05) is 48.9 Å². The molecular formula is C29H26BrN3O2. The number of nitrogens with zero attached hydrogens (tertiary/aromatic N) is 3. The molecule has 6 rings (SSSR count). The van der Waals surface area contributed by atoms with Crippen LogP contribution in [-0.4, -0.2) is 22.8 Å². The maximum atomic E-state index is 13.8. The Morgan fingerprint density at radius 1 is 0.971 bits per heavy atom. The van der Waals surface area contributed by atoms with E-state index < -0.39 is 5.41 Å². The van der Waals surface area contributed by atoms with Crippen molar-refractivity contribution in [3.8, 4) is 17.0 Å². The third-order valence-corrected chi connectivity index (χ3v) is 8.00. The Kier molecular flexibility index (Phi) is 5.49. The maximum Gasteiger partial charge on any atom is 0.238 e. The largest absolute Gasteiger partial charge is 0.497 e. The summed E-state index contributed by atoms with van der Waals surface area (Å²) in [6.07, 6.45) is 4.73. The lowest BCUT2D eigenvalue weighted by molar-refractivity contribution is -0.126. The number of carbonyl (C=O) groups is 1. The summed E-state index contributed by atoms with van der Waals surface area (Å²) in [5, 5.41) is 4.60. The van der Waals surface area contributed by atoms with E-state index in [4.69, 9.17) is 4.74 Å². The van der Waals surface area contributed by atoms with E-state index in [2.05, 4.69) is 51.4 Å². The quantitative estimate of drug-likeness (QED) is 0.294. The predicted octanol–water partition coefficient (Wildman–Crippen LogP) is 6.34. The molecule has 2 aliphatic rings. The van der Waals surface area contributed by atoms with Crippen molar-refractivity contribution >= 4 is 27.5 Å². The van der Waals surface area contributed by atoms with Crippen molar-refractivity contribution in [2.45, 2.75) is 37.8 Å². The SMILES string of the molecule is COc1ccc(CN2C(=O)C3(CCC3)c3cc(-c4ccnn4Cc4ccccc4)cc(Br)c32)cc1. The van der Waals surface area contributed by atoms with Gasteiger partial charge in [-0.05, 0) is 75.8 Å². The van der Waals surface area contributed by atoms with Crippen molar-refractivity contribution in [3.05, 3.63) is 100 Å². The van der Waals surface area contributed by atoms with Crippen molar-refractivity contribution in [1.29, 1.82) is 0 Å². The number of methoxy groups -OCH3 is 1. The van der Waals surface area contributed by atoms with Gasteiger partial charge in [0.05, 0.1) is 37.0 Å². The van der Waals surface area contributed by atoms with Crippen molar-refractivity contribution in [3.63, 3.8) is 0 Å². The summed E-state index contributed by atoms with van der Waals surface area (Å²) in [6.45, 7) is 1.24. The Bertz CT molecular complexity index is 1390. The molecule has 0 radical (unpaired) electrons. The van der Waals surface area contributed by atoms with Crippen LogP contribution >= 0.6 is 15.9 Å². The Balaban J connectivity index is 1.39. The zero-order valence-electron chi connectivity index (χ0n) is 19.6. The number of hydrogen-bond donors (Lipinski definition) is 0. The molecule has 1 aliphatic carbocycles. The van der Waals surface area contributed by atoms with E-state index in [9.17, 15) is 4.79 Å². The van der Waals surface area contributed by atoms with Crippen LogP contribution in [0.3, 0.4) is 0 Å². The molecule has 1 aliphatic heterocycles. The molecule has 6 heteroatoms. The lowest BCUT2D eigenvalue weighted by Crippen LogP contribution is -2.44. The summed E-state index contributed by atoms with van der Waals surface area (Å²) < 4.78 is 8.27. The summed E-state index contributed by atoms with van der Waals surface area (Å²) in [7, 11) is 1.66. The highest BCUT2D eigenvalue weighted by Crippen LogP contribution is 2.56. The number of carbonyl (C=O) groups excluding carboxylic acids is 1. The van der Waals surface area contributed by atoms with Crippen LogP contribution in [-0.2, 0) is 23.3 Å². The van der Waals surface area contributed by atoms with Crippen LogP contribution in [0.4, 0.5) is 5.69 Å². The van der Waals surface area contributed by atoms with Gasteiger partial charge in [0.1, 0.15) is 5.75 Å². The van der Waals surface area contributed by atoms with Gasteiger partial charge in [0.15, 0.2) is 0 Å². The Morgan fingerprint density at radius 3 is 2.40 bits per heavy atom. The van der Waals surface area contributed by atoms with Crippen molar-refractivity contribution in [2.75, 3.05) is 12.0 Å². The molecule has 0 atom stereocenters. The van der Waals surface area contributed by atoms with Gasteiger partial charge in [-0.25, -0.2) is 0 Å². The Labute approximate surface area is 213 Å². The van der Waals surface area contributed by atoms with E-state index in [0.29, 0.717) is 13.1 Å². The third-order valence-electron chi connectivity index (χ3n) is 7.40. The Hall–Kier alpha value is -3.38. The van der Waals surface area contributed by atoms with Crippen LogP contribution in [0.25, 0.3) is 11.3 Å². The number of ether oxygens (including phenoxy) is 1. The smallest absolute Gasteiger partial charge is 0.238 e. The molecule has 1 saturated carbocycles. The minimum absolute atomic E-state index is 0.213. The monoisotopic (exact) mass is 527 g/mol. The van der Waals surface area contributed by atoms with Crippen LogP contribution in [0.1, 0.15) is 36.0 Å². The van der Waals surface area contributed by atoms with Gasteiger partial charge in [-0.15, -0.1) is 0 Å². The predicted molar refractivity (Wildman–Crippen MR) is 141 cm³/mol. The fourth-order valence-electron chi connectivity index (χ4n) is 5.40. The molecule has 0 saturated heterocycles. The summed E-state index contributed by atoms with van der Waals surface area (Å²) in [4.78, 5) is 15.8. The highest BCUT2D eigenvalue weighted by molar-refractivity contribution is 9.10. The number of benzene rings is 3. The second-order valence-electron chi connectivity index (χ2n) is 9.39. The van der Waals surface area contributed by atoms with Crippen molar-refractivity contribution in [1.82, 2.24) is 9.78 Å². The standard InChI is InChI=1S/C29H26BrN3O2/c1-35-23-10-8-21(9-11-23)18-32-27-24(29(28(32)34)13-5-14-29)16-22(17-25(27)30)26-12-15-31-33(26)19-20-6-3-2-4-7-20/h2-4,6-12,15-17H,5,13-14,18-19H2,1H3. The first kappa shape index (κ1) is 22.1. The number of anilines is 1. The van der Waals surface area contributed by atoms with Crippen LogP contribution in [0, 0.1) is 0 Å². The molecule has 4 aromatic rings. The van der Waals surface area contributed by atoms with E-state index in [0.717, 1.165) is 57.6 Å². The normalized spacial score (nSPS) is 15.8. The maximum absolute atomic E-state index is 13.8. The van der Waals surface area contributed by atoms with Crippen LogP contribution in [0.5, 0.6) is 5.75 Å². The van der Waals surface area contributed by atoms with Crippen LogP contribution in [0.15, 0.2) is 83.5 Å². The molecule has 1 aromatic heterocycles. The molecular weight excluding hydrogens is 502 g/mol. The van der Waals surface area contributed by atoms with Gasteiger partial charge in [0.2, 0.25) is 5.91 Å². The van der Waals surface area contributed by atoms with Crippen LogP contribution in [0.2, 0.25) is 0 Å². The minimum atomic E-state index is -0.412. The van der Waals surface area contributed by atoms with E-state index in [1.54, 1.807) is 7.11 Å². The average molecular weight is 528 g/mol. The molecule has 35 heavy (non-hydrogen) atoms. The first-order valence-electron chi connectivity index (χ1n) is 11.9. The zero-order valence-corrected chi connectivity index (χ0v) is 21.2. The van der Waals surface area contributed by atoms with Gasteiger partial charge < -0.3 is 9.64 Å².